The van der Waals surface area contributed by atoms with Crippen LogP contribution in [0.25, 0.3) is 10.1 Å². The Morgan fingerprint density at radius 3 is 2.83 bits per heavy atom. The van der Waals surface area contributed by atoms with Crippen molar-refractivity contribution in [1.82, 2.24) is 4.90 Å². The van der Waals surface area contributed by atoms with Crippen molar-refractivity contribution < 1.29 is 4.79 Å². The van der Waals surface area contributed by atoms with E-state index in [9.17, 15) is 4.79 Å². The molecule has 2 aromatic carbocycles. The van der Waals surface area contributed by atoms with Crippen LogP contribution in [-0.2, 0) is 0 Å². The molecule has 2 fully saturated rings. The molecule has 3 nitrogen and oxygen atoms in total. The highest BCUT2D eigenvalue weighted by atomic mass is 35.5. The average Bonchev–Trinajstić information content (AvgIpc) is 3.05. The van der Waals surface area contributed by atoms with Crippen LogP contribution in [0, 0.1) is 0 Å². The van der Waals surface area contributed by atoms with Crippen molar-refractivity contribution in [2.75, 3.05) is 18.4 Å². The molecule has 2 atom stereocenters. The minimum absolute atomic E-state index is 0.164. The number of amides is 1. The SMILES string of the molecule is O=C(Nc1ccc2scc(C3CCC4CCCCN4CC3)c2c1)c1ccccc1Cl. The van der Waals surface area contributed by atoms with Gasteiger partial charge in [-0.2, -0.15) is 0 Å². The van der Waals surface area contributed by atoms with Crippen LogP contribution in [0.15, 0.2) is 47.8 Å². The van der Waals surface area contributed by atoms with Crippen molar-refractivity contribution >= 4 is 44.6 Å². The third-order valence-electron chi connectivity index (χ3n) is 6.78. The first-order valence-corrected chi connectivity index (χ1v) is 12.3. The number of hydrogen-bond acceptors (Lipinski definition) is 3. The lowest BCUT2D eigenvalue weighted by atomic mass is 9.90. The Bertz CT molecular complexity index is 1050. The zero-order valence-electron chi connectivity index (χ0n) is 17.1. The minimum atomic E-state index is -0.164. The number of benzene rings is 2. The standard InChI is InChI=1S/C25H27ClN2OS/c26-23-7-2-1-6-20(23)25(29)27-18-9-11-24-21(15-18)22(16-30-24)17-8-10-19-5-3-4-13-28(19)14-12-17/h1-2,6-7,9,11,15-17,19H,3-5,8,10,12-14H2,(H,27,29). The van der Waals surface area contributed by atoms with Gasteiger partial charge in [0.25, 0.3) is 5.91 Å². The molecule has 0 bridgehead atoms. The van der Waals surface area contributed by atoms with Gasteiger partial charge in [-0.15, -0.1) is 11.3 Å². The summed E-state index contributed by atoms with van der Waals surface area (Å²) < 4.78 is 1.29. The van der Waals surface area contributed by atoms with E-state index in [0.29, 0.717) is 16.5 Å². The average molecular weight is 439 g/mol. The zero-order chi connectivity index (χ0) is 20.5. The summed E-state index contributed by atoms with van der Waals surface area (Å²) in [5.41, 5.74) is 2.80. The van der Waals surface area contributed by atoms with Gasteiger partial charge in [-0.25, -0.2) is 0 Å². The van der Waals surface area contributed by atoms with Crippen LogP contribution in [0.3, 0.4) is 0 Å². The van der Waals surface area contributed by atoms with Gasteiger partial charge in [-0.3, -0.25) is 4.79 Å². The number of fused-ring (bicyclic) bond motifs is 2. The van der Waals surface area contributed by atoms with Gasteiger partial charge in [0.1, 0.15) is 0 Å². The normalized spacial score (nSPS) is 22.4. The van der Waals surface area contributed by atoms with Gasteiger partial charge >= 0.3 is 0 Å². The van der Waals surface area contributed by atoms with Gasteiger partial charge in [0, 0.05) is 16.4 Å². The molecule has 0 spiro atoms. The molecule has 2 saturated heterocycles. The van der Waals surface area contributed by atoms with Crippen LogP contribution in [-0.4, -0.2) is 29.9 Å². The maximum absolute atomic E-state index is 12.7. The van der Waals surface area contributed by atoms with E-state index in [2.05, 4.69) is 27.7 Å². The summed E-state index contributed by atoms with van der Waals surface area (Å²) in [7, 11) is 0. The molecule has 3 aromatic rings. The second-order valence-corrected chi connectivity index (χ2v) is 9.90. The van der Waals surface area contributed by atoms with Crippen molar-refractivity contribution in [3.8, 4) is 0 Å². The van der Waals surface area contributed by atoms with E-state index in [1.165, 1.54) is 67.3 Å². The fourth-order valence-electron chi connectivity index (χ4n) is 5.14. The van der Waals surface area contributed by atoms with Gasteiger partial charge in [0.15, 0.2) is 0 Å². The molecule has 2 unspecified atom stereocenters. The lowest BCUT2D eigenvalue weighted by Gasteiger charge is -2.33. The number of carbonyl (C=O) groups is 1. The molecule has 0 saturated carbocycles. The Morgan fingerprint density at radius 2 is 1.93 bits per heavy atom. The van der Waals surface area contributed by atoms with Crippen molar-refractivity contribution in [3.63, 3.8) is 0 Å². The largest absolute Gasteiger partial charge is 0.322 e. The van der Waals surface area contributed by atoms with Gasteiger partial charge < -0.3 is 10.2 Å². The number of nitrogens with one attached hydrogen (secondary N) is 1. The number of piperidine rings is 1. The van der Waals surface area contributed by atoms with Crippen LogP contribution in [0.5, 0.6) is 0 Å². The molecule has 1 N–H and O–H groups in total. The third kappa shape index (κ3) is 4.01. The summed E-state index contributed by atoms with van der Waals surface area (Å²) in [5, 5.41) is 7.15. The van der Waals surface area contributed by atoms with E-state index in [-0.39, 0.29) is 5.91 Å². The molecule has 0 radical (unpaired) electrons. The first kappa shape index (κ1) is 20.0. The molecule has 2 aliphatic rings. The number of hydrogen-bond donors (Lipinski definition) is 1. The van der Waals surface area contributed by atoms with Crippen LogP contribution in [0.1, 0.15) is 60.4 Å². The Kier molecular flexibility index (Phi) is 5.81. The van der Waals surface area contributed by atoms with Crippen molar-refractivity contribution in [2.45, 2.75) is 50.5 Å². The van der Waals surface area contributed by atoms with Gasteiger partial charge in [-0.1, -0.05) is 30.2 Å². The number of thiophene rings is 1. The molecular weight excluding hydrogens is 412 g/mol. The van der Waals surface area contributed by atoms with E-state index in [4.69, 9.17) is 11.6 Å². The molecule has 1 aromatic heterocycles. The van der Waals surface area contributed by atoms with Gasteiger partial charge in [0.2, 0.25) is 0 Å². The van der Waals surface area contributed by atoms with Crippen molar-refractivity contribution in [3.05, 3.63) is 64.0 Å². The van der Waals surface area contributed by atoms with Crippen LogP contribution < -0.4 is 5.32 Å². The highest BCUT2D eigenvalue weighted by Crippen LogP contribution is 2.40. The highest BCUT2D eigenvalue weighted by molar-refractivity contribution is 7.17. The quantitative estimate of drug-likeness (QED) is 0.480. The number of rotatable bonds is 3. The Hall–Kier alpha value is -1.88. The fourth-order valence-corrected chi connectivity index (χ4v) is 6.38. The molecule has 3 heterocycles. The maximum Gasteiger partial charge on any atom is 0.257 e. The van der Waals surface area contributed by atoms with Crippen LogP contribution >= 0.6 is 22.9 Å². The van der Waals surface area contributed by atoms with E-state index >= 15 is 0 Å². The molecule has 5 heteroatoms. The second-order valence-electron chi connectivity index (χ2n) is 8.58. The topological polar surface area (TPSA) is 32.3 Å². The highest BCUT2D eigenvalue weighted by Gasteiger charge is 2.28. The Morgan fingerprint density at radius 1 is 1.03 bits per heavy atom. The summed E-state index contributed by atoms with van der Waals surface area (Å²) in [6.45, 7) is 2.50. The van der Waals surface area contributed by atoms with E-state index in [1.807, 2.05) is 29.5 Å². The summed E-state index contributed by atoms with van der Waals surface area (Å²) in [5.74, 6) is 0.446. The first-order valence-electron chi connectivity index (χ1n) is 11.0. The summed E-state index contributed by atoms with van der Waals surface area (Å²) >= 11 is 8.01. The summed E-state index contributed by atoms with van der Waals surface area (Å²) in [6.07, 6.45) is 7.93. The zero-order valence-corrected chi connectivity index (χ0v) is 18.6. The minimum Gasteiger partial charge on any atom is -0.322 e. The third-order valence-corrected chi connectivity index (χ3v) is 8.09. The Balaban J connectivity index is 1.38. The smallest absolute Gasteiger partial charge is 0.257 e. The monoisotopic (exact) mass is 438 g/mol. The molecule has 156 valence electrons. The number of nitrogens with zero attached hydrogens (tertiary/aromatic N) is 1. The Labute approximate surface area is 187 Å². The van der Waals surface area contributed by atoms with Gasteiger partial charge in [-0.05, 0) is 97.8 Å². The number of carbonyl (C=O) groups excluding carboxylic acids is 1. The van der Waals surface area contributed by atoms with Crippen LogP contribution in [0.2, 0.25) is 5.02 Å². The first-order chi connectivity index (χ1) is 14.7. The predicted octanol–water partition coefficient (Wildman–Crippen LogP) is 6.93. The number of anilines is 1. The molecule has 0 aliphatic carbocycles. The second kappa shape index (κ2) is 8.70. The van der Waals surface area contributed by atoms with E-state index in [0.717, 1.165) is 11.7 Å². The lowest BCUT2D eigenvalue weighted by molar-refractivity contribution is 0.102. The van der Waals surface area contributed by atoms with Crippen molar-refractivity contribution in [2.24, 2.45) is 0 Å². The van der Waals surface area contributed by atoms with Crippen LogP contribution in [0.4, 0.5) is 5.69 Å². The maximum atomic E-state index is 12.7. The summed E-state index contributed by atoms with van der Waals surface area (Å²) in [6, 6.07) is 14.2. The summed E-state index contributed by atoms with van der Waals surface area (Å²) in [4.78, 5) is 15.4. The fraction of sp³-hybridized carbons (Fsp3) is 0.400. The van der Waals surface area contributed by atoms with E-state index in [1.54, 1.807) is 12.1 Å². The molecule has 30 heavy (non-hydrogen) atoms. The van der Waals surface area contributed by atoms with E-state index < -0.39 is 0 Å². The predicted molar refractivity (Wildman–Crippen MR) is 127 cm³/mol. The number of halogens is 1. The molecule has 1 amide bonds. The molecule has 5 rings (SSSR count). The van der Waals surface area contributed by atoms with Gasteiger partial charge in [0.05, 0.1) is 10.6 Å². The molecular formula is C25H27ClN2OS. The molecule has 2 aliphatic heterocycles. The lowest BCUT2D eigenvalue weighted by Crippen LogP contribution is -2.38. The van der Waals surface area contributed by atoms with Crippen molar-refractivity contribution in [1.29, 1.82) is 0 Å².